The second-order valence-electron chi connectivity index (χ2n) is 9.09. The van der Waals surface area contributed by atoms with E-state index in [1.807, 2.05) is 78.2 Å². The molecule has 6 nitrogen and oxygen atoms in total. The number of hydrogen-bond acceptors (Lipinski definition) is 3. The van der Waals surface area contributed by atoms with Crippen molar-refractivity contribution in [3.63, 3.8) is 0 Å². The number of nitrogens with zero attached hydrogens (tertiary/aromatic N) is 3. The molecular formula is C29H27ClN4O2. The van der Waals surface area contributed by atoms with Gasteiger partial charge >= 0.3 is 0 Å². The molecule has 1 N–H and O–H groups in total. The smallest absolute Gasteiger partial charge is 0.291 e. The van der Waals surface area contributed by atoms with Gasteiger partial charge in [-0.15, -0.1) is 0 Å². The van der Waals surface area contributed by atoms with Crippen molar-refractivity contribution in [1.82, 2.24) is 19.7 Å². The Kier molecular flexibility index (Phi) is 6.87. The molecule has 0 aliphatic heterocycles. The third-order valence-corrected chi connectivity index (χ3v) is 6.69. The molecule has 0 unspecified atom stereocenters. The number of halogens is 1. The molecule has 0 saturated carbocycles. The molecule has 1 amide bonds. The standard InChI is InChI=1S/C29H27ClN4O2/c1-20(11-12-21-7-3-2-4-8-21)32-27(35)19-34-29(36)28-25(17-31-34)24-9-5-6-10-26(24)33(28)18-22-13-15-23(30)16-14-22/h2-10,13-17,20H,11-12,18-19H2,1H3,(H,32,35)/t20-/m0/s1. The topological polar surface area (TPSA) is 68.9 Å². The Bertz CT molecular complexity index is 1570. The van der Waals surface area contributed by atoms with E-state index in [1.165, 1.54) is 10.2 Å². The van der Waals surface area contributed by atoms with Gasteiger partial charge in [-0.25, -0.2) is 4.68 Å². The number of carbonyl (C=O) groups is 1. The van der Waals surface area contributed by atoms with Crippen LogP contribution in [0.2, 0.25) is 5.02 Å². The number of rotatable bonds is 8. The number of amides is 1. The van der Waals surface area contributed by atoms with Crippen molar-refractivity contribution in [3.8, 4) is 0 Å². The number of hydrogen-bond donors (Lipinski definition) is 1. The molecule has 0 aliphatic carbocycles. The number of nitrogens with one attached hydrogen (secondary N) is 1. The van der Waals surface area contributed by atoms with Crippen molar-refractivity contribution in [2.75, 3.05) is 0 Å². The van der Waals surface area contributed by atoms with E-state index in [1.54, 1.807) is 6.20 Å². The normalized spacial score (nSPS) is 12.2. The van der Waals surface area contributed by atoms with Crippen LogP contribution < -0.4 is 10.9 Å². The largest absolute Gasteiger partial charge is 0.352 e. The zero-order valence-electron chi connectivity index (χ0n) is 20.0. The zero-order chi connectivity index (χ0) is 25.1. The van der Waals surface area contributed by atoms with Crippen molar-refractivity contribution < 1.29 is 4.79 Å². The highest BCUT2D eigenvalue weighted by molar-refractivity contribution is 6.30. The number of aromatic nitrogens is 3. The Morgan fingerprint density at radius 2 is 1.67 bits per heavy atom. The van der Waals surface area contributed by atoms with E-state index in [4.69, 9.17) is 11.6 Å². The third-order valence-electron chi connectivity index (χ3n) is 6.44. The van der Waals surface area contributed by atoms with E-state index in [-0.39, 0.29) is 24.1 Å². The van der Waals surface area contributed by atoms with Crippen molar-refractivity contribution in [1.29, 1.82) is 0 Å². The van der Waals surface area contributed by atoms with E-state index in [0.717, 1.165) is 34.7 Å². The predicted molar refractivity (Wildman–Crippen MR) is 144 cm³/mol. The van der Waals surface area contributed by atoms with Crippen LogP contribution in [0.25, 0.3) is 21.8 Å². The Labute approximate surface area is 214 Å². The summed E-state index contributed by atoms with van der Waals surface area (Å²) in [5.41, 5.74) is 3.44. The average Bonchev–Trinajstić information content (AvgIpc) is 3.20. The van der Waals surface area contributed by atoms with Gasteiger partial charge in [0.2, 0.25) is 5.91 Å². The Morgan fingerprint density at radius 1 is 0.944 bits per heavy atom. The number of carbonyl (C=O) groups excluding carboxylic acids is 1. The monoisotopic (exact) mass is 498 g/mol. The molecule has 0 bridgehead atoms. The van der Waals surface area contributed by atoms with Gasteiger partial charge in [-0.2, -0.15) is 5.10 Å². The van der Waals surface area contributed by atoms with Crippen LogP contribution in [0.4, 0.5) is 0 Å². The summed E-state index contributed by atoms with van der Waals surface area (Å²) in [5.74, 6) is -0.232. The van der Waals surface area contributed by atoms with E-state index in [0.29, 0.717) is 17.1 Å². The van der Waals surface area contributed by atoms with Crippen LogP contribution >= 0.6 is 11.6 Å². The molecule has 5 rings (SSSR count). The van der Waals surface area contributed by atoms with Crippen LogP contribution in [0, 0.1) is 0 Å². The Morgan fingerprint density at radius 3 is 2.44 bits per heavy atom. The molecule has 1 atom stereocenters. The third kappa shape index (κ3) is 5.04. The zero-order valence-corrected chi connectivity index (χ0v) is 20.8. The molecule has 36 heavy (non-hydrogen) atoms. The predicted octanol–water partition coefficient (Wildman–Crippen LogP) is 5.19. The van der Waals surface area contributed by atoms with Gasteiger partial charge in [0.25, 0.3) is 5.56 Å². The van der Waals surface area contributed by atoms with Crippen LogP contribution in [0.1, 0.15) is 24.5 Å². The minimum atomic E-state index is -0.287. The highest BCUT2D eigenvalue weighted by atomic mass is 35.5. The SMILES string of the molecule is C[C@@H](CCc1ccccc1)NC(=O)Cn1ncc2c3ccccc3n(Cc3ccc(Cl)cc3)c2c1=O. The first-order valence-corrected chi connectivity index (χ1v) is 12.4. The summed E-state index contributed by atoms with van der Waals surface area (Å²) in [6, 6.07) is 25.6. The maximum Gasteiger partial charge on any atom is 0.291 e. The Balaban J connectivity index is 1.40. The summed E-state index contributed by atoms with van der Waals surface area (Å²) in [4.78, 5) is 26.3. The molecule has 3 aromatic carbocycles. The molecular weight excluding hydrogens is 472 g/mol. The molecule has 0 aliphatic rings. The summed E-state index contributed by atoms with van der Waals surface area (Å²) < 4.78 is 3.24. The van der Waals surface area contributed by atoms with Crippen LogP contribution in [-0.2, 0) is 24.3 Å². The van der Waals surface area contributed by atoms with Gasteiger partial charge in [0.15, 0.2) is 0 Å². The first-order valence-electron chi connectivity index (χ1n) is 12.0. The second kappa shape index (κ2) is 10.4. The number of para-hydroxylation sites is 1. The van der Waals surface area contributed by atoms with Gasteiger partial charge in [-0.1, -0.05) is 72.3 Å². The van der Waals surface area contributed by atoms with Crippen LogP contribution in [0.3, 0.4) is 0 Å². The molecule has 7 heteroatoms. The molecule has 2 heterocycles. The lowest BCUT2D eigenvalue weighted by Crippen LogP contribution is -2.38. The van der Waals surface area contributed by atoms with Crippen LogP contribution in [-0.4, -0.2) is 26.3 Å². The number of fused-ring (bicyclic) bond motifs is 3. The first kappa shape index (κ1) is 23.8. The van der Waals surface area contributed by atoms with Gasteiger partial charge in [-0.3, -0.25) is 9.59 Å². The first-order chi connectivity index (χ1) is 17.5. The summed E-state index contributed by atoms with van der Waals surface area (Å²) >= 11 is 6.06. The molecule has 0 saturated heterocycles. The van der Waals surface area contributed by atoms with Crippen molar-refractivity contribution in [2.24, 2.45) is 0 Å². The van der Waals surface area contributed by atoms with Gasteiger partial charge in [-0.05, 0) is 49.1 Å². The molecule has 182 valence electrons. The van der Waals surface area contributed by atoms with E-state index in [9.17, 15) is 9.59 Å². The minimum Gasteiger partial charge on any atom is -0.352 e. The maximum atomic E-state index is 13.6. The maximum absolute atomic E-state index is 13.6. The fourth-order valence-corrected chi connectivity index (χ4v) is 4.73. The number of benzene rings is 3. The fraction of sp³-hybridized carbons (Fsp3) is 0.207. The highest BCUT2D eigenvalue weighted by Crippen LogP contribution is 2.27. The van der Waals surface area contributed by atoms with Gasteiger partial charge in [0.1, 0.15) is 12.1 Å². The second-order valence-corrected chi connectivity index (χ2v) is 9.53. The lowest BCUT2D eigenvalue weighted by atomic mass is 10.1. The average molecular weight is 499 g/mol. The van der Waals surface area contributed by atoms with Gasteiger partial charge in [0.05, 0.1) is 6.20 Å². The molecule has 2 aromatic heterocycles. The quantitative estimate of drug-likeness (QED) is 0.320. The highest BCUT2D eigenvalue weighted by Gasteiger charge is 2.18. The molecule has 5 aromatic rings. The molecule has 0 radical (unpaired) electrons. The van der Waals surface area contributed by atoms with Gasteiger partial charge < -0.3 is 9.88 Å². The summed E-state index contributed by atoms with van der Waals surface area (Å²) in [6.07, 6.45) is 3.37. The van der Waals surface area contributed by atoms with Crippen molar-refractivity contribution in [2.45, 2.75) is 38.9 Å². The van der Waals surface area contributed by atoms with Crippen LogP contribution in [0.5, 0.6) is 0 Å². The Hall–Kier alpha value is -3.90. The number of aryl methyl sites for hydroxylation is 1. The summed E-state index contributed by atoms with van der Waals surface area (Å²) in [6.45, 7) is 2.35. The minimum absolute atomic E-state index is 0.0199. The van der Waals surface area contributed by atoms with Crippen molar-refractivity contribution >= 4 is 39.3 Å². The molecule has 0 spiro atoms. The molecule has 0 fully saturated rings. The van der Waals surface area contributed by atoms with Crippen molar-refractivity contribution in [3.05, 3.63) is 112 Å². The van der Waals surface area contributed by atoms with Gasteiger partial charge in [0, 0.05) is 33.9 Å². The summed E-state index contributed by atoms with van der Waals surface area (Å²) in [7, 11) is 0. The fourth-order valence-electron chi connectivity index (χ4n) is 4.60. The van der Waals surface area contributed by atoms with E-state index < -0.39 is 0 Å². The van der Waals surface area contributed by atoms with E-state index >= 15 is 0 Å². The lowest BCUT2D eigenvalue weighted by molar-refractivity contribution is -0.122. The van der Waals surface area contributed by atoms with Crippen LogP contribution in [0.15, 0.2) is 89.9 Å². The van der Waals surface area contributed by atoms with E-state index in [2.05, 4.69) is 22.5 Å². The summed E-state index contributed by atoms with van der Waals surface area (Å²) in [5, 5.41) is 9.74. The lowest BCUT2D eigenvalue weighted by Gasteiger charge is -2.14.